The highest BCUT2D eigenvalue weighted by Crippen LogP contribution is 2.42. The third kappa shape index (κ3) is 3.59. The van der Waals surface area contributed by atoms with Gasteiger partial charge in [0.1, 0.15) is 0 Å². The van der Waals surface area contributed by atoms with Crippen LogP contribution in [-0.2, 0) is 0 Å². The fraction of sp³-hybridized carbons (Fsp3) is 0. The van der Waals surface area contributed by atoms with Gasteiger partial charge in [-0.1, -0.05) is 133 Å². The SMILES string of the molecule is [2H]c1c([2H])c([2H])c(-c2cccc(-n3c4ccccc4c4ccc5c6ccccc6n(-c6ccc7c(ccc8ccccc87)c6)c5c43)c2)c([2H])c1[2H]. The molecule has 10 rings (SSSR count). The van der Waals surface area contributed by atoms with Gasteiger partial charge in [0.2, 0.25) is 0 Å². The first kappa shape index (κ1) is 20.8. The largest absolute Gasteiger partial charge is 0.307 e. The maximum atomic E-state index is 8.69. The number of rotatable bonds is 3. The van der Waals surface area contributed by atoms with E-state index >= 15 is 0 Å². The van der Waals surface area contributed by atoms with Crippen LogP contribution in [0.2, 0.25) is 0 Å². The van der Waals surface area contributed by atoms with E-state index in [2.05, 4.69) is 118 Å². The van der Waals surface area contributed by atoms with Crippen molar-refractivity contribution < 1.29 is 6.85 Å². The monoisotopic (exact) mass is 589 g/mol. The van der Waals surface area contributed by atoms with Gasteiger partial charge in [0.15, 0.2) is 0 Å². The molecule has 0 unspecified atom stereocenters. The van der Waals surface area contributed by atoms with Crippen LogP contribution in [0, 0.1) is 0 Å². The maximum absolute atomic E-state index is 8.69. The molecule has 0 atom stereocenters. The summed E-state index contributed by atoms with van der Waals surface area (Å²) in [6.07, 6.45) is 0. The summed E-state index contributed by atoms with van der Waals surface area (Å²) in [5, 5.41) is 9.29. The quantitative estimate of drug-likeness (QED) is 0.181. The molecule has 0 amide bonds. The molecule has 2 heteroatoms. The second kappa shape index (κ2) is 9.69. The van der Waals surface area contributed by atoms with E-state index in [1.807, 2.05) is 30.3 Å². The van der Waals surface area contributed by atoms with Gasteiger partial charge in [-0.05, 0) is 69.1 Å². The Labute approximate surface area is 273 Å². The summed E-state index contributed by atoms with van der Waals surface area (Å²) in [6.45, 7) is 0. The van der Waals surface area contributed by atoms with Gasteiger partial charge in [0.25, 0.3) is 0 Å². The van der Waals surface area contributed by atoms with Gasteiger partial charge in [-0.15, -0.1) is 0 Å². The lowest BCUT2D eigenvalue weighted by Crippen LogP contribution is -1.99. The molecule has 0 saturated heterocycles. The van der Waals surface area contributed by atoms with E-state index < -0.39 is 6.04 Å². The Bertz CT molecular complexity index is 3070. The zero-order valence-corrected chi connectivity index (χ0v) is 24.7. The molecule has 10 aromatic rings. The van der Waals surface area contributed by atoms with Gasteiger partial charge < -0.3 is 9.13 Å². The van der Waals surface area contributed by atoms with Crippen LogP contribution in [0.5, 0.6) is 0 Å². The second-order valence-electron chi connectivity index (χ2n) is 11.8. The fourth-order valence-corrected chi connectivity index (χ4v) is 7.37. The van der Waals surface area contributed by atoms with Crippen LogP contribution in [0.1, 0.15) is 6.85 Å². The highest BCUT2D eigenvalue weighted by atomic mass is 15.0. The van der Waals surface area contributed by atoms with E-state index in [0.717, 1.165) is 60.4 Å². The second-order valence-corrected chi connectivity index (χ2v) is 11.8. The van der Waals surface area contributed by atoms with Crippen molar-refractivity contribution in [3.8, 4) is 22.5 Å². The van der Waals surface area contributed by atoms with Crippen molar-refractivity contribution >= 4 is 65.2 Å². The number of nitrogens with zero attached hydrogens (tertiary/aromatic N) is 2. The number of para-hydroxylation sites is 2. The standard InChI is InChI=1S/C44H28N2/c1-2-11-29(12-3-1)31-14-10-15-33(27-31)45-41-19-8-6-17-37(41)39-25-26-40-38-18-7-9-20-42(38)46(44(40)43(39)45)34-23-24-36-32(28-34)22-21-30-13-4-5-16-35(30)36/h1-28H/i1D,2D,3D,11D,12D. The Morgan fingerprint density at radius 1 is 0.370 bits per heavy atom. The number of hydrogen-bond donors (Lipinski definition) is 0. The molecular formula is C44H28N2. The van der Waals surface area contributed by atoms with Crippen molar-refractivity contribution in [2.75, 3.05) is 0 Å². The predicted molar refractivity (Wildman–Crippen MR) is 196 cm³/mol. The molecule has 0 saturated carbocycles. The van der Waals surface area contributed by atoms with Crippen molar-refractivity contribution in [2.45, 2.75) is 0 Å². The van der Waals surface area contributed by atoms with Crippen LogP contribution < -0.4 is 0 Å². The Balaban J connectivity index is 1.32. The van der Waals surface area contributed by atoms with Crippen LogP contribution in [0.15, 0.2) is 170 Å². The normalized spacial score (nSPS) is 13.4. The van der Waals surface area contributed by atoms with Crippen molar-refractivity contribution in [1.82, 2.24) is 9.13 Å². The molecule has 2 nitrogen and oxygen atoms in total. The molecule has 0 fully saturated rings. The third-order valence-corrected chi connectivity index (χ3v) is 9.35. The molecule has 0 bridgehead atoms. The number of aromatic nitrogens is 2. The Hall–Kier alpha value is -6.12. The topological polar surface area (TPSA) is 9.86 Å². The summed E-state index contributed by atoms with van der Waals surface area (Å²) in [5.41, 5.74) is 6.85. The Morgan fingerprint density at radius 2 is 0.935 bits per heavy atom. The highest BCUT2D eigenvalue weighted by Gasteiger charge is 2.21. The lowest BCUT2D eigenvalue weighted by Gasteiger charge is -2.14. The van der Waals surface area contributed by atoms with Gasteiger partial charge in [-0.2, -0.15) is 0 Å². The molecule has 0 aliphatic rings. The van der Waals surface area contributed by atoms with E-state index in [9.17, 15) is 0 Å². The first-order valence-corrected chi connectivity index (χ1v) is 15.5. The highest BCUT2D eigenvalue weighted by molar-refractivity contribution is 6.24. The van der Waals surface area contributed by atoms with Gasteiger partial charge >= 0.3 is 0 Å². The minimum Gasteiger partial charge on any atom is -0.307 e. The van der Waals surface area contributed by atoms with Gasteiger partial charge in [0, 0.05) is 32.9 Å². The lowest BCUT2D eigenvalue weighted by atomic mass is 10.0. The molecule has 46 heavy (non-hydrogen) atoms. The number of hydrogen-bond acceptors (Lipinski definition) is 0. The summed E-state index contributed by atoms with van der Waals surface area (Å²) in [6, 6.07) is 47.1. The first-order valence-electron chi connectivity index (χ1n) is 18.0. The molecular weight excluding hydrogens is 556 g/mol. The minimum atomic E-state index is -0.399. The summed E-state index contributed by atoms with van der Waals surface area (Å²) in [5.74, 6) is 0. The summed E-state index contributed by atoms with van der Waals surface area (Å²) in [4.78, 5) is 0. The minimum absolute atomic E-state index is 0.187. The van der Waals surface area contributed by atoms with E-state index in [0.29, 0.717) is 5.56 Å². The third-order valence-electron chi connectivity index (χ3n) is 9.35. The average Bonchev–Trinajstić information content (AvgIpc) is 3.69. The Morgan fingerprint density at radius 3 is 1.65 bits per heavy atom. The van der Waals surface area contributed by atoms with E-state index in [4.69, 9.17) is 6.85 Å². The Kier molecular flexibility index (Phi) is 4.37. The number of fused-ring (bicyclic) bond motifs is 10. The van der Waals surface area contributed by atoms with Crippen LogP contribution in [0.4, 0.5) is 0 Å². The lowest BCUT2D eigenvalue weighted by molar-refractivity contribution is 1.15. The zero-order chi connectivity index (χ0) is 34.5. The van der Waals surface area contributed by atoms with Crippen LogP contribution in [-0.4, -0.2) is 9.13 Å². The first-order chi connectivity index (χ1) is 24.9. The van der Waals surface area contributed by atoms with E-state index in [-0.39, 0.29) is 29.7 Å². The van der Waals surface area contributed by atoms with Gasteiger partial charge in [-0.25, -0.2) is 0 Å². The molecule has 0 radical (unpaired) electrons. The van der Waals surface area contributed by atoms with Crippen molar-refractivity contribution in [2.24, 2.45) is 0 Å². The summed E-state index contributed by atoms with van der Waals surface area (Å²) >= 11 is 0. The zero-order valence-electron chi connectivity index (χ0n) is 29.7. The maximum Gasteiger partial charge on any atom is 0.0788 e. The van der Waals surface area contributed by atoms with Crippen molar-refractivity contribution in [1.29, 1.82) is 0 Å². The molecule has 0 spiro atoms. The van der Waals surface area contributed by atoms with Crippen LogP contribution in [0.3, 0.4) is 0 Å². The molecule has 214 valence electrons. The molecule has 0 aliphatic heterocycles. The molecule has 0 N–H and O–H groups in total. The molecule has 0 aliphatic carbocycles. The fourth-order valence-electron chi connectivity index (χ4n) is 7.37. The summed E-state index contributed by atoms with van der Waals surface area (Å²) < 4.78 is 46.8. The molecule has 8 aromatic carbocycles. The van der Waals surface area contributed by atoms with E-state index in [1.165, 1.54) is 16.2 Å². The van der Waals surface area contributed by atoms with Crippen LogP contribution in [0.25, 0.3) is 87.7 Å². The molecule has 2 heterocycles. The van der Waals surface area contributed by atoms with Crippen molar-refractivity contribution in [3.63, 3.8) is 0 Å². The molecule has 2 aromatic heterocycles. The van der Waals surface area contributed by atoms with E-state index in [1.54, 1.807) is 0 Å². The summed E-state index contributed by atoms with van der Waals surface area (Å²) in [7, 11) is 0. The van der Waals surface area contributed by atoms with Gasteiger partial charge in [0.05, 0.1) is 28.9 Å². The average molecular weight is 590 g/mol. The number of benzene rings is 8. The smallest absolute Gasteiger partial charge is 0.0788 e. The predicted octanol–water partition coefficient (Wildman–Crippen LogP) is 11.9. The van der Waals surface area contributed by atoms with Gasteiger partial charge in [-0.3, -0.25) is 0 Å². The van der Waals surface area contributed by atoms with Crippen LogP contribution >= 0.6 is 0 Å². The van der Waals surface area contributed by atoms with Crippen molar-refractivity contribution in [3.05, 3.63) is 170 Å².